The van der Waals surface area contributed by atoms with Gasteiger partial charge in [0.25, 0.3) is 11.8 Å². The number of carbonyl (C=O) groups excluding carboxylic acids is 4. The van der Waals surface area contributed by atoms with E-state index in [-0.39, 0.29) is 18.6 Å². The van der Waals surface area contributed by atoms with Gasteiger partial charge in [-0.15, -0.1) is 11.3 Å². The number of nitrogens with zero attached hydrogens (tertiary/aromatic N) is 4. The molecule has 320 valence electrons. The molecule has 0 bridgehead atoms. The van der Waals surface area contributed by atoms with E-state index < -0.39 is 36.8 Å². The predicted molar refractivity (Wildman–Crippen MR) is 236 cm³/mol. The zero-order chi connectivity index (χ0) is 42.9. The second kappa shape index (κ2) is 17.9. The van der Waals surface area contributed by atoms with E-state index >= 15 is 0 Å². The zero-order valence-corrected chi connectivity index (χ0v) is 35.0. The number of thiophene rings is 1. The Kier molecular flexibility index (Phi) is 12.0. The predicted octanol–water partition coefficient (Wildman–Crippen LogP) is 4.45. The van der Waals surface area contributed by atoms with Crippen LogP contribution in [0.5, 0.6) is 23.0 Å². The lowest BCUT2D eigenvalue weighted by Crippen LogP contribution is -2.54. The number of amides is 4. The number of likely N-dealkylation sites (tertiary alicyclic amines) is 1. The number of fused-ring (bicyclic) bond motifs is 2. The quantitative estimate of drug-likeness (QED) is 0.0971. The maximum atomic E-state index is 13.3. The summed E-state index contributed by atoms with van der Waals surface area (Å²) in [5.41, 5.74) is 2.76. The molecule has 3 saturated heterocycles. The number of carbonyl (C=O) groups is 4. The van der Waals surface area contributed by atoms with Gasteiger partial charge in [-0.1, -0.05) is 24.3 Å². The van der Waals surface area contributed by atoms with Gasteiger partial charge < -0.3 is 34.4 Å². The van der Waals surface area contributed by atoms with Crippen LogP contribution < -0.4 is 25.2 Å². The van der Waals surface area contributed by atoms with Crippen molar-refractivity contribution < 1.29 is 43.8 Å². The molecule has 4 amide bonds. The Bertz CT molecular complexity index is 2480. The van der Waals surface area contributed by atoms with Crippen LogP contribution in [0.25, 0.3) is 20.5 Å². The van der Waals surface area contributed by atoms with Gasteiger partial charge in [-0.25, -0.2) is 0 Å². The van der Waals surface area contributed by atoms with E-state index in [1.54, 1.807) is 36.4 Å². The van der Waals surface area contributed by atoms with Gasteiger partial charge in [0.2, 0.25) is 11.8 Å². The van der Waals surface area contributed by atoms with Crippen molar-refractivity contribution in [1.29, 1.82) is 0 Å². The van der Waals surface area contributed by atoms with Crippen molar-refractivity contribution >= 4 is 63.3 Å². The van der Waals surface area contributed by atoms with Crippen LogP contribution in [0.1, 0.15) is 52.8 Å². The minimum atomic E-state index is -1.55. The fourth-order valence-corrected chi connectivity index (χ4v) is 10.0. The molecule has 62 heavy (non-hydrogen) atoms. The second-order valence-electron chi connectivity index (χ2n) is 16.5. The monoisotopic (exact) mass is 857 g/mol. The molecule has 0 radical (unpaired) electrons. The molecule has 1 atom stereocenters. The molecule has 4 N–H and O–H groups in total. The van der Waals surface area contributed by atoms with Crippen molar-refractivity contribution in [2.24, 2.45) is 5.92 Å². The first-order chi connectivity index (χ1) is 30.1. The van der Waals surface area contributed by atoms with Crippen LogP contribution in [-0.2, 0) is 9.59 Å². The van der Waals surface area contributed by atoms with Gasteiger partial charge in [-0.2, -0.15) is 0 Å². The minimum absolute atomic E-state index is 0.0935. The Morgan fingerprint density at radius 1 is 0.742 bits per heavy atom. The van der Waals surface area contributed by atoms with Crippen LogP contribution in [0.4, 0.5) is 5.69 Å². The molecule has 16 heteroatoms. The van der Waals surface area contributed by atoms with E-state index in [1.807, 2.05) is 48.5 Å². The second-order valence-corrected chi connectivity index (χ2v) is 17.5. The van der Waals surface area contributed by atoms with Gasteiger partial charge in [0, 0.05) is 48.4 Å². The molecule has 1 unspecified atom stereocenters. The first-order valence-corrected chi connectivity index (χ1v) is 22.1. The molecule has 9 rings (SSSR count). The molecule has 0 saturated carbocycles. The fraction of sp³-hybridized carbons (Fsp3) is 0.348. The van der Waals surface area contributed by atoms with Gasteiger partial charge in [0.15, 0.2) is 5.75 Å². The summed E-state index contributed by atoms with van der Waals surface area (Å²) in [5, 5.41) is 32.3. The van der Waals surface area contributed by atoms with Crippen molar-refractivity contribution in [2.45, 2.75) is 38.1 Å². The van der Waals surface area contributed by atoms with Gasteiger partial charge in [0.1, 0.15) is 23.3 Å². The van der Waals surface area contributed by atoms with Crippen LogP contribution in [-0.4, -0.2) is 126 Å². The number of anilines is 1. The van der Waals surface area contributed by atoms with Crippen molar-refractivity contribution in [3.8, 4) is 33.4 Å². The highest BCUT2D eigenvalue weighted by molar-refractivity contribution is 7.22. The molecule has 0 spiro atoms. The first kappa shape index (κ1) is 41.6. The highest BCUT2D eigenvalue weighted by atomic mass is 32.1. The first-order valence-electron chi connectivity index (χ1n) is 21.3. The molecule has 14 nitrogen and oxygen atoms in total. The smallest absolute Gasteiger partial charge is 0.488 e. The zero-order valence-electron chi connectivity index (χ0n) is 34.2. The number of hydrogen-bond acceptors (Lipinski definition) is 13. The van der Waals surface area contributed by atoms with Crippen molar-refractivity contribution in [2.75, 3.05) is 63.9 Å². The average Bonchev–Trinajstić information content (AvgIpc) is 3.75. The molecular weight excluding hydrogens is 809 g/mol. The summed E-state index contributed by atoms with van der Waals surface area (Å²) >= 11 is 1.50. The Morgan fingerprint density at radius 2 is 1.44 bits per heavy atom. The molecular formula is C46H48BN5O9S. The normalized spacial score (nSPS) is 19.0. The largest absolute Gasteiger partial charge is 0.508 e. The summed E-state index contributed by atoms with van der Waals surface area (Å²) in [7, 11) is -1.55. The summed E-state index contributed by atoms with van der Waals surface area (Å²) < 4.78 is 13.6. The molecule has 0 aliphatic carbocycles. The number of phenols is 1. The minimum Gasteiger partial charge on any atom is -0.508 e. The molecule has 5 heterocycles. The fourth-order valence-electron chi connectivity index (χ4n) is 8.88. The summed E-state index contributed by atoms with van der Waals surface area (Å²) in [6, 6.07) is 24.2. The van der Waals surface area contributed by atoms with Crippen LogP contribution in [0.3, 0.4) is 0 Å². The van der Waals surface area contributed by atoms with Crippen LogP contribution in [0.2, 0.25) is 0 Å². The molecule has 1 aromatic heterocycles. The molecule has 4 aliphatic rings. The van der Waals surface area contributed by atoms with Gasteiger partial charge in [0.05, 0.1) is 22.6 Å². The lowest BCUT2D eigenvalue weighted by Gasteiger charge is -2.37. The number of aromatic hydroxyl groups is 1. The highest BCUT2D eigenvalue weighted by Crippen LogP contribution is 2.47. The standard InChI is InChI=1S/C46H48BN5O9S/c53-33-7-13-37-40(27-33)62-43(30-2-4-31(5-3-30)47(58)59)42(37)61-35-10-8-34(9-11-35)60-28-29-16-20-49(21-17-29)18-1-19-50-22-24-51(25-23-50)32-6-12-36-38(26-32)46(57)52(45(36)56)39-14-15-41(54)48-44(39)55/h2-13,26-27,29,39,53,58-59H,1,14-25,28H2,(H,48,54,55). The van der Waals surface area contributed by atoms with Crippen LogP contribution >= 0.6 is 11.3 Å². The third-order valence-corrected chi connectivity index (χ3v) is 13.6. The van der Waals surface area contributed by atoms with E-state index in [2.05, 4.69) is 20.0 Å². The number of rotatable bonds is 13. The number of piperazine rings is 1. The topological polar surface area (TPSA) is 172 Å². The van der Waals surface area contributed by atoms with E-state index in [0.29, 0.717) is 40.6 Å². The SMILES string of the molecule is O=C1CCC(N2C(=O)c3ccc(N4CCN(CCCN5CCC(COc6ccc(Oc7c(-c8ccc(B(O)O)cc8)sc8cc(O)ccc78)cc6)CC5)CC4)cc3C2=O)C(=O)N1. The van der Waals surface area contributed by atoms with E-state index in [1.165, 1.54) is 11.3 Å². The lowest BCUT2D eigenvalue weighted by molar-refractivity contribution is -0.136. The number of piperidine rings is 2. The summed E-state index contributed by atoms with van der Waals surface area (Å²) in [4.78, 5) is 59.6. The maximum Gasteiger partial charge on any atom is 0.488 e. The molecule has 3 fully saturated rings. The molecule has 4 aromatic carbocycles. The van der Waals surface area contributed by atoms with E-state index in [9.17, 15) is 34.3 Å². The third-order valence-electron chi connectivity index (χ3n) is 12.4. The number of hydrogen-bond donors (Lipinski definition) is 4. The van der Waals surface area contributed by atoms with E-state index in [4.69, 9.17) is 9.47 Å². The van der Waals surface area contributed by atoms with Crippen molar-refractivity contribution in [3.05, 3.63) is 96.1 Å². The molecule has 5 aromatic rings. The average molecular weight is 858 g/mol. The number of phenolic OH excluding ortho intramolecular Hbond substituents is 1. The van der Waals surface area contributed by atoms with Gasteiger partial charge in [-0.05, 0) is 129 Å². The number of imide groups is 2. The number of benzene rings is 4. The van der Waals surface area contributed by atoms with Crippen LogP contribution in [0, 0.1) is 5.92 Å². The summed E-state index contributed by atoms with van der Waals surface area (Å²) in [6.45, 7) is 8.27. The van der Waals surface area contributed by atoms with Crippen molar-refractivity contribution in [3.63, 3.8) is 0 Å². The Morgan fingerprint density at radius 3 is 2.15 bits per heavy atom. The third kappa shape index (κ3) is 8.79. The summed E-state index contributed by atoms with van der Waals surface area (Å²) in [6.07, 6.45) is 3.49. The molecule has 4 aliphatic heterocycles. The van der Waals surface area contributed by atoms with E-state index in [0.717, 1.165) is 108 Å². The van der Waals surface area contributed by atoms with Gasteiger partial charge >= 0.3 is 7.12 Å². The number of nitrogens with one attached hydrogen (secondary N) is 1. The van der Waals surface area contributed by atoms with Gasteiger partial charge in [-0.3, -0.25) is 34.3 Å². The maximum absolute atomic E-state index is 13.3. The number of ether oxygens (including phenoxy) is 2. The Labute approximate surface area is 363 Å². The summed E-state index contributed by atoms with van der Waals surface area (Å²) in [5.74, 6) is 0.799. The van der Waals surface area contributed by atoms with Crippen LogP contribution in [0.15, 0.2) is 84.9 Å². The Balaban J connectivity index is 0.699. The lowest BCUT2D eigenvalue weighted by atomic mass is 9.80. The highest BCUT2D eigenvalue weighted by Gasteiger charge is 2.45. The Hall–Kier alpha value is -5.78. The van der Waals surface area contributed by atoms with Crippen molar-refractivity contribution in [1.82, 2.24) is 20.0 Å².